The van der Waals surface area contributed by atoms with Crippen LogP contribution < -0.4 is 10.2 Å². The van der Waals surface area contributed by atoms with Crippen LogP contribution in [0.1, 0.15) is 11.1 Å². The van der Waals surface area contributed by atoms with E-state index in [1.165, 1.54) is 16.8 Å². The highest BCUT2D eigenvalue weighted by atomic mass is 32.1. The van der Waals surface area contributed by atoms with E-state index in [4.69, 9.17) is 4.98 Å². The van der Waals surface area contributed by atoms with Gasteiger partial charge in [0.05, 0.1) is 11.7 Å². The first-order valence-corrected chi connectivity index (χ1v) is 9.21. The van der Waals surface area contributed by atoms with Gasteiger partial charge in [-0.2, -0.15) is 11.3 Å². The molecule has 1 aliphatic rings. The van der Waals surface area contributed by atoms with Crippen molar-refractivity contribution in [2.24, 2.45) is 0 Å². The van der Waals surface area contributed by atoms with Gasteiger partial charge in [-0.05, 0) is 47.3 Å². The van der Waals surface area contributed by atoms with Gasteiger partial charge >= 0.3 is 0 Å². The second-order valence-corrected chi connectivity index (χ2v) is 7.11. The van der Waals surface area contributed by atoms with E-state index in [0.29, 0.717) is 0 Å². The third-order valence-electron chi connectivity index (χ3n) is 4.31. The minimum Gasteiger partial charge on any atom is -0.378 e. The molecule has 1 atom stereocenters. The normalized spacial score (nSPS) is 15.0. The van der Waals surface area contributed by atoms with E-state index in [0.717, 1.165) is 23.5 Å². The Morgan fingerprint density at radius 1 is 1.12 bits per heavy atom. The van der Waals surface area contributed by atoms with Crippen molar-refractivity contribution in [3.05, 3.63) is 64.4 Å². The number of thiophene rings is 1. The first-order chi connectivity index (χ1) is 12.2. The van der Waals surface area contributed by atoms with Crippen LogP contribution in [-0.2, 0) is 6.42 Å². The van der Waals surface area contributed by atoms with Gasteiger partial charge in [0.15, 0.2) is 0 Å². The zero-order chi connectivity index (χ0) is 17.2. The summed E-state index contributed by atoms with van der Waals surface area (Å²) in [6.45, 7) is 0. The van der Waals surface area contributed by atoms with Crippen LogP contribution >= 0.6 is 11.3 Å². The van der Waals surface area contributed by atoms with Crippen molar-refractivity contribution in [1.82, 2.24) is 4.98 Å². The minimum atomic E-state index is 0.119. The number of anilines is 2. The van der Waals surface area contributed by atoms with E-state index in [1.807, 2.05) is 14.1 Å². The molecule has 1 aromatic carbocycles. The average molecular weight is 345 g/mol. The van der Waals surface area contributed by atoms with Crippen molar-refractivity contribution in [2.75, 3.05) is 24.3 Å². The molecule has 4 rings (SSSR count). The minimum absolute atomic E-state index is 0.119. The van der Waals surface area contributed by atoms with Crippen LogP contribution in [0.15, 0.2) is 53.2 Å². The largest absolute Gasteiger partial charge is 0.378 e. The van der Waals surface area contributed by atoms with Crippen molar-refractivity contribution in [3.63, 3.8) is 0 Å². The van der Waals surface area contributed by atoms with Crippen molar-refractivity contribution in [3.8, 4) is 23.1 Å². The summed E-state index contributed by atoms with van der Waals surface area (Å²) in [5.41, 5.74) is 5.64. The monoisotopic (exact) mass is 345 g/mol. The molecule has 0 aliphatic carbocycles. The van der Waals surface area contributed by atoms with Crippen molar-refractivity contribution in [1.29, 1.82) is 0 Å². The Labute approximate surface area is 152 Å². The summed E-state index contributed by atoms with van der Waals surface area (Å²) in [6.07, 6.45) is 0.898. The van der Waals surface area contributed by atoms with E-state index in [9.17, 15) is 0 Å². The Morgan fingerprint density at radius 2 is 1.96 bits per heavy atom. The number of rotatable bonds is 2. The van der Waals surface area contributed by atoms with Gasteiger partial charge in [-0.1, -0.05) is 17.9 Å². The number of nitrogens with zero attached hydrogens (tertiary/aromatic N) is 2. The lowest BCUT2D eigenvalue weighted by atomic mass is 10.1. The molecule has 0 radical (unpaired) electrons. The molecule has 1 unspecified atom stereocenters. The van der Waals surface area contributed by atoms with Crippen LogP contribution in [-0.4, -0.2) is 25.1 Å². The molecule has 25 heavy (non-hydrogen) atoms. The second-order valence-electron chi connectivity index (χ2n) is 6.33. The van der Waals surface area contributed by atoms with Gasteiger partial charge in [0, 0.05) is 42.7 Å². The number of hydrogen-bond donors (Lipinski definition) is 1. The molecule has 1 aliphatic heterocycles. The maximum atomic E-state index is 4.75. The van der Waals surface area contributed by atoms with Crippen LogP contribution in [0.25, 0.3) is 11.3 Å². The molecule has 0 spiro atoms. The first-order valence-electron chi connectivity index (χ1n) is 8.27. The van der Waals surface area contributed by atoms with Gasteiger partial charge in [-0.15, -0.1) is 0 Å². The molecule has 0 bridgehead atoms. The molecule has 124 valence electrons. The third kappa shape index (κ3) is 3.38. The lowest BCUT2D eigenvalue weighted by Crippen LogP contribution is -2.12. The van der Waals surface area contributed by atoms with Crippen LogP contribution in [0.2, 0.25) is 0 Å². The molecule has 3 aromatic rings. The molecule has 0 amide bonds. The zero-order valence-electron chi connectivity index (χ0n) is 14.3. The quantitative estimate of drug-likeness (QED) is 0.703. The number of pyridine rings is 1. The van der Waals surface area contributed by atoms with E-state index < -0.39 is 0 Å². The molecule has 2 aromatic heterocycles. The fraction of sp³-hybridized carbons (Fsp3) is 0.190. The summed E-state index contributed by atoms with van der Waals surface area (Å²) in [5, 5.41) is 7.65. The summed E-state index contributed by atoms with van der Waals surface area (Å²) in [4.78, 5) is 6.84. The number of hydrogen-bond acceptors (Lipinski definition) is 4. The maximum Gasteiger partial charge on any atom is 0.130 e. The molecule has 3 heterocycles. The second kappa shape index (κ2) is 6.62. The zero-order valence-corrected chi connectivity index (χ0v) is 15.1. The Morgan fingerprint density at radius 3 is 2.68 bits per heavy atom. The van der Waals surface area contributed by atoms with E-state index in [-0.39, 0.29) is 6.04 Å². The number of aromatic nitrogens is 1. The molecule has 1 N–H and O–H groups in total. The smallest absolute Gasteiger partial charge is 0.130 e. The number of fused-ring (bicyclic) bond motifs is 1. The first kappa shape index (κ1) is 15.7. The molecular formula is C21H19N3S. The number of nitrogens with one attached hydrogen (secondary N) is 1. The van der Waals surface area contributed by atoms with Gasteiger partial charge in [-0.3, -0.25) is 0 Å². The fourth-order valence-electron chi connectivity index (χ4n) is 2.89. The summed E-state index contributed by atoms with van der Waals surface area (Å²) < 4.78 is 0. The van der Waals surface area contributed by atoms with Gasteiger partial charge in [0.1, 0.15) is 5.82 Å². The summed E-state index contributed by atoms with van der Waals surface area (Å²) in [7, 11) is 4.08. The molecule has 0 saturated heterocycles. The lowest BCUT2D eigenvalue weighted by molar-refractivity contribution is 0.954. The molecule has 4 heteroatoms. The van der Waals surface area contributed by atoms with Crippen molar-refractivity contribution in [2.45, 2.75) is 12.5 Å². The summed E-state index contributed by atoms with van der Waals surface area (Å²) in [5.74, 6) is 7.57. The van der Waals surface area contributed by atoms with E-state index in [2.05, 4.69) is 75.3 Å². The summed E-state index contributed by atoms with van der Waals surface area (Å²) >= 11 is 1.69. The standard InChI is InChI=1S/C21H19N3S/c1-24(2)19-8-4-15(5-9-19)3-7-18-13-16-6-10-20(23-21(16)22-18)17-11-12-25-14-17/h4-6,8-12,14,18H,13H2,1-2H3,(H,22,23). The lowest BCUT2D eigenvalue weighted by Gasteiger charge is -2.11. The highest BCUT2D eigenvalue weighted by molar-refractivity contribution is 7.08. The molecular weight excluding hydrogens is 326 g/mol. The highest BCUT2D eigenvalue weighted by Gasteiger charge is 2.20. The van der Waals surface area contributed by atoms with Gasteiger partial charge < -0.3 is 10.2 Å². The Kier molecular flexibility index (Phi) is 4.17. The Hall–Kier alpha value is -2.77. The maximum absolute atomic E-state index is 4.75. The average Bonchev–Trinajstić information content (AvgIpc) is 3.29. The molecule has 3 nitrogen and oxygen atoms in total. The van der Waals surface area contributed by atoms with Crippen LogP contribution in [0.5, 0.6) is 0 Å². The van der Waals surface area contributed by atoms with Gasteiger partial charge in [0.25, 0.3) is 0 Å². The Bertz CT molecular complexity index is 932. The van der Waals surface area contributed by atoms with Crippen molar-refractivity contribution >= 4 is 22.8 Å². The predicted octanol–water partition coefficient (Wildman–Crippen LogP) is 4.26. The molecule has 0 fully saturated rings. The fourth-order valence-corrected chi connectivity index (χ4v) is 3.53. The van der Waals surface area contributed by atoms with Crippen molar-refractivity contribution < 1.29 is 0 Å². The highest BCUT2D eigenvalue weighted by Crippen LogP contribution is 2.28. The third-order valence-corrected chi connectivity index (χ3v) is 4.99. The van der Waals surface area contributed by atoms with Gasteiger partial charge in [-0.25, -0.2) is 4.98 Å². The molecule has 0 saturated carbocycles. The SMILES string of the molecule is CN(C)c1ccc(C#CC2Cc3ccc(-c4ccsc4)nc3N2)cc1. The van der Waals surface area contributed by atoms with E-state index >= 15 is 0 Å². The number of benzene rings is 1. The topological polar surface area (TPSA) is 28.2 Å². The predicted molar refractivity (Wildman–Crippen MR) is 106 cm³/mol. The Balaban J connectivity index is 1.49. The summed E-state index contributed by atoms with van der Waals surface area (Å²) in [6, 6.07) is 14.8. The van der Waals surface area contributed by atoms with Crippen LogP contribution in [0.4, 0.5) is 11.5 Å². The van der Waals surface area contributed by atoms with Crippen LogP contribution in [0.3, 0.4) is 0 Å². The van der Waals surface area contributed by atoms with Gasteiger partial charge in [0.2, 0.25) is 0 Å². The van der Waals surface area contributed by atoms with E-state index in [1.54, 1.807) is 11.3 Å². The van der Waals surface area contributed by atoms with Crippen LogP contribution in [0, 0.1) is 11.8 Å².